The Morgan fingerprint density at radius 1 is 1.40 bits per heavy atom. The highest BCUT2D eigenvalue weighted by Crippen LogP contribution is 2.32. The van der Waals surface area contributed by atoms with Gasteiger partial charge in [0, 0.05) is 7.11 Å². The van der Waals surface area contributed by atoms with Crippen molar-refractivity contribution in [3.8, 4) is 0 Å². The summed E-state index contributed by atoms with van der Waals surface area (Å²) in [4.78, 5) is 0.195. The molecule has 0 aromatic heterocycles. The number of methoxy groups -OCH3 is 1. The maximum absolute atomic E-state index is 12.9. The predicted octanol–water partition coefficient (Wildman–Crippen LogP) is 1.60. The third-order valence-electron chi connectivity index (χ3n) is 2.21. The molecule has 0 spiro atoms. The predicted molar refractivity (Wildman–Crippen MR) is 53.4 cm³/mol. The van der Waals surface area contributed by atoms with Crippen LogP contribution < -0.4 is 0 Å². The van der Waals surface area contributed by atoms with Gasteiger partial charge in [-0.15, -0.1) is 0 Å². The van der Waals surface area contributed by atoms with Crippen LogP contribution in [0.15, 0.2) is 28.0 Å². The maximum atomic E-state index is 12.9. The van der Waals surface area contributed by atoms with Gasteiger partial charge >= 0.3 is 0 Å². The van der Waals surface area contributed by atoms with Crippen molar-refractivity contribution in [2.24, 2.45) is 0 Å². The molecule has 0 amide bonds. The minimum atomic E-state index is -3.53. The topological polar surface area (TPSA) is 43.4 Å². The molecule has 0 aliphatic carbocycles. The molecule has 1 heterocycles. The van der Waals surface area contributed by atoms with Crippen LogP contribution in [0.25, 0.3) is 6.08 Å². The van der Waals surface area contributed by atoms with E-state index in [1.54, 1.807) is 0 Å². The van der Waals surface area contributed by atoms with Crippen molar-refractivity contribution in [2.45, 2.75) is 4.90 Å². The van der Waals surface area contributed by atoms with Gasteiger partial charge in [0.25, 0.3) is 0 Å². The average molecular weight is 228 g/mol. The summed E-state index contributed by atoms with van der Waals surface area (Å²) < 4.78 is 41.3. The minimum Gasteiger partial charge on any atom is -0.379 e. The third-order valence-corrected chi connectivity index (χ3v) is 4.07. The van der Waals surface area contributed by atoms with Crippen molar-refractivity contribution >= 4 is 15.9 Å². The number of ether oxygens (including phenoxy) is 1. The van der Waals surface area contributed by atoms with E-state index < -0.39 is 15.7 Å². The monoisotopic (exact) mass is 228 g/mol. The van der Waals surface area contributed by atoms with E-state index in [0.29, 0.717) is 5.56 Å². The molecular weight excluding hydrogens is 219 g/mol. The van der Waals surface area contributed by atoms with Gasteiger partial charge in [0.05, 0.1) is 16.4 Å². The van der Waals surface area contributed by atoms with Gasteiger partial charge in [0.15, 0.2) is 0 Å². The van der Waals surface area contributed by atoms with Gasteiger partial charge in [-0.1, -0.05) is 6.07 Å². The molecule has 3 nitrogen and oxygen atoms in total. The van der Waals surface area contributed by atoms with Gasteiger partial charge in [-0.3, -0.25) is 0 Å². The average Bonchev–Trinajstić information content (AvgIpc) is 2.41. The fraction of sp³-hybridized carbons (Fsp3) is 0.200. The number of hydrogen-bond donors (Lipinski definition) is 0. The number of fused-ring (bicyclic) bond motifs is 1. The highest BCUT2D eigenvalue weighted by molar-refractivity contribution is 7.95. The molecular formula is C10H9FO3S. The molecule has 0 radical (unpaired) electrons. The van der Waals surface area contributed by atoms with Crippen molar-refractivity contribution in [1.82, 2.24) is 0 Å². The van der Waals surface area contributed by atoms with Crippen LogP contribution in [0.3, 0.4) is 0 Å². The summed E-state index contributed by atoms with van der Waals surface area (Å²) >= 11 is 0. The van der Waals surface area contributed by atoms with Gasteiger partial charge in [-0.25, -0.2) is 12.8 Å². The van der Waals surface area contributed by atoms with Crippen LogP contribution in [-0.2, 0) is 14.6 Å². The molecule has 1 aliphatic rings. The summed E-state index contributed by atoms with van der Waals surface area (Å²) in [6, 6.07) is 3.72. The van der Waals surface area contributed by atoms with E-state index in [4.69, 9.17) is 4.74 Å². The summed E-state index contributed by atoms with van der Waals surface area (Å²) in [5, 5.41) is 0. The molecule has 5 heteroatoms. The Bertz CT molecular complexity index is 532. The summed E-state index contributed by atoms with van der Waals surface area (Å²) in [7, 11) is -2.12. The Hall–Kier alpha value is -1.20. The van der Waals surface area contributed by atoms with Crippen molar-refractivity contribution < 1.29 is 17.5 Å². The lowest BCUT2D eigenvalue weighted by molar-refractivity contribution is 0.231. The number of benzene rings is 1. The second-order valence-corrected chi connectivity index (χ2v) is 5.20. The summed E-state index contributed by atoms with van der Waals surface area (Å²) in [6.45, 7) is 0.0125. The number of hydrogen-bond acceptors (Lipinski definition) is 3. The molecule has 15 heavy (non-hydrogen) atoms. The van der Waals surface area contributed by atoms with Gasteiger partial charge in [-0.2, -0.15) is 0 Å². The first kappa shape index (κ1) is 10.3. The fourth-order valence-electron chi connectivity index (χ4n) is 1.51. The quantitative estimate of drug-likeness (QED) is 0.772. The standard InChI is InChI=1S/C10H9FO3S/c1-14-6-9-4-7-2-3-8(11)5-10(7)15(9,12)13/h2-5H,6H2,1H3. The number of sulfone groups is 1. The van der Waals surface area contributed by atoms with Crippen LogP contribution >= 0.6 is 0 Å². The normalized spacial score (nSPS) is 17.3. The first-order valence-corrected chi connectivity index (χ1v) is 5.78. The molecule has 0 saturated carbocycles. The highest BCUT2D eigenvalue weighted by atomic mass is 32.2. The molecule has 0 unspecified atom stereocenters. The van der Waals surface area contributed by atoms with Crippen LogP contribution in [0.1, 0.15) is 5.56 Å². The second kappa shape index (κ2) is 3.43. The van der Waals surface area contributed by atoms with Gasteiger partial charge in [0.1, 0.15) is 5.82 Å². The molecule has 0 saturated heterocycles. The van der Waals surface area contributed by atoms with Gasteiger partial charge in [0.2, 0.25) is 9.84 Å². The van der Waals surface area contributed by atoms with Crippen LogP contribution in [0.4, 0.5) is 4.39 Å². The Morgan fingerprint density at radius 2 is 2.13 bits per heavy atom. The molecule has 1 aromatic rings. The largest absolute Gasteiger partial charge is 0.379 e. The fourth-order valence-corrected chi connectivity index (χ4v) is 3.06. The van der Waals surface area contributed by atoms with E-state index in [1.165, 1.54) is 25.3 Å². The van der Waals surface area contributed by atoms with Crippen LogP contribution in [0, 0.1) is 5.82 Å². The molecule has 80 valence electrons. The van der Waals surface area contributed by atoms with Crippen molar-refractivity contribution in [2.75, 3.05) is 13.7 Å². The molecule has 1 aromatic carbocycles. The smallest absolute Gasteiger partial charge is 0.205 e. The molecule has 0 fully saturated rings. The van der Waals surface area contributed by atoms with E-state index in [9.17, 15) is 12.8 Å². The van der Waals surface area contributed by atoms with Gasteiger partial charge < -0.3 is 4.74 Å². The zero-order valence-corrected chi connectivity index (χ0v) is 8.84. The highest BCUT2D eigenvalue weighted by Gasteiger charge is 2.29. The van der Waals surface area contributed by atoms with Gasteiger partial charge in [-0.05, 0) is 23.8 Å². The lowest BCUT2D eigenvalue weighted by Crippen LogP contribution is -2.05. The first-order valence-electron chi connectivity index (χ1n) is 4.30. The Kier molecular flexibility index (Phi) is 2.36. The molecule has 0 atom stereocenters. The molecule has 0 bridgehead atoms. The molecule has 0 N–H and O–H groups in total. The van der Waals surface area contributed by atoms with Crippen molar-refractivity contribution in [3.63, 3.8) is 0 Å². The van der Waals surface area contributed by atoms with Crippen LogP contribution in [0.5, 0.6) is 0 Å². The van der Waals surface area contributed by atoms with Crippen molar-refractivity contribution in [1.29, 1.82) is 0 Å². The van der Waals surface area contributed by atoms with Crippen LogP contribution in [0.2, 0.25) is 0 Å². The lowest BCUT2D eigenvalue weighted by atomic mass is 10.2. The Labute approximate surface area is 87.1 Å². The molecule has 2 rings (SSSR count). The Morgan fingerprint density at radius 3 is 2.80 bits per heavy atom. The molecule has 1 aliphatic heterocycles. The van der Waals surface area contributed by atoms with E-state index in [2.05, 4.69) is 0 Å². The maximum Gasteiger partial charge on any atom is 0.205 e. The summed E-state index contributed by atoms with van der Waals surface area (Å²) in [5.74, 6) is -0.551. The van der Waals surface area contributed by atoms with E-state index in [1.807, 2.05) is 0 Å². The zero-order chi connectivity index (χ0) is 11.1. The summed E-state index contributed by atoms with van der Waals surface area (Å²) in [6.07, 6.45) is 1.51. The van der Waals surface area contributed by atoms with E-state index in [0.717, 1.165) is 6.07 Å². The Balaban J connectivity index is 2.58. The number of halogens is 1. The van der Waals surface area contributed by atoms with Crippen molar-refractivity contribution in [3.05, 3.63) is 34.5 Å². The summed E-state index contributed by atoms with van der Waals surface area (Å²) in [5.41, 5.74) is 0.517. The number of rotatable bonds is 2. The SMILES string of the molecule is COCC1=Cc2ccc(F)cc2S1(=O)=O. The van der Waals surface area contributed by atoms with Crippen LogP contribution in [-0.4, -0.2) is 22.1 Å². The zero-order valence-electron chi connectivity index (χ0n) is 8.03. The third kappa shape index (κ3) is 1.57. The minimum absolute atomic E-state index is 0.0125. The lowest BCUT2D eigenvalue weighted by Gasteiger charge is -2.01. The second-order valence-electron chi connectivity index (χ2n) is 3.23. The first-order chi connectivity index (χ1) is 7.05. The van der Waals surface area contributed by atoms with E-state index in [-0.39, 0.29) is 16.4 Å². The van der Waals surface area contributed by atoms with E-state index >= 15 is 0 Å².